The fourth-order valence-electron chi connectivity index (χ4n) is 11.5. The van der Waals surface area contributed by atoms with E-state index in [4.69, 9.17) is 19.3 Å². The number of Topliss-reactive ketones (excluding diaryl/α,β-unsaturated/α-hetero) is 2. The van der Waals surface area contributed by atoms with Gasteiger partial charge in [0, 0.05) is 77.6 Å². The van der Waals surface area contributed by atoms with Gasteiger partial charge in [-0.05, 0) is 81.1 Å². The first-order valence-corrected chi connectivity index (χ1v) is 26.6. The number of rotatable bonds is 33. The lowest BCUT2D eigenvalue weighted by molar-refractivity contribution is -0.150. The molecule has 404 valence electrons. The summed E-state index contributed by atoms with van der Waals surface area (Å²) in [5, 5.41) is 21.7. The molecule has 2 heterocycles. The molecular formula is C55H86N4O13. The van der Waals surface area contributed by atoms with Crippen LogP contribution in [0, 0.1) is 41.4 Å². The lowest BCUT2D eigenvalue weighted by Crippen LogP contribution is -2.54. The minimum atomic E-state index is -1.05. The first kappa shape index (κ1) is 59.8. The number of nitrogens with one attached hydrogen (secondary N) is 1. The van der Waals surface area contributed by atoms with Crippen molar-refractivity contribution >= 4 is 47.1 Å². The number of aliphatic carboxylic acids is 2. The molecule has 0 radical (unpaired) electrons. The van der Waals surface area contributed by atoms with Gasteiger partial charge in [-0.1, -0.05) is 78.3 Å². The third-order valence-corrected chi connectivity index (χ3v) is 15.9. The highest BCUT2D eigenvalue weighted by atomic mass is 16.5. The van der Waals surface area contributed by atoms with Crippen molar-refractivity contribution in [1.82, 2.24) is 20.0 Å². The maximum atomic E-state index is 14.8. The van der Waals surface area contributed by atoms with Gasteiger partial charge in [-0.3, -0.25) is 38.4 Å². The molecule has 17 heteroatoms. The Bertz CT molecular complexity index is 1970. The summed E-state index contributed by atoms with van der Waals surface area (Å²) in [5.74, 6) is -6.37. The van der Waals surface area contributed by atoms with Crippen molar-refractivity contribution in [3.63, 3.8) is 0 Å². The van der Waals surface area contributed by atoms with Crippen LogP contribution < -0.4 is 5.32 Å². The molecular weight excluding hydrogens is 925 g/mol. The third kappa shape index (κ3) is 16.4. The summed E-state index contributed by atoms with van der Waals surface area (Å²) in [6.07, 6.45) is 5.20. The largest absolute Gasteiger partial charge is 0.481 e. The van der Waals surface area contributed by atoms with Crippen LogP contribution in [-0.4, -0.2) is 156 Å². The number of carbonyl (C=O) groups excluding carboxylic acids is 6. The van der Waals surface area contributed by atoms with Crippen LogP contribution in [0.15, 0.2) is 30.3 Å². The molecule has 1 aliphatic carbocycles. The standard InChI is InChI=1S/C55H86N4O13/c1-10-35(4)50(46(70-8)33-48(63)58-25-17-20-43(58)52(71-9)37(6)44(60)31-40(55(68)69)29-38-18-13-11-14-19-38)57(7)54(67)42(34(2)3)32-45(61)51-39-21-22-41(30-39)59(51)47(62)23-27-72-26-16-12-15-24-56-53(66)36(5)28-49(64)65/h11,13-14,18-19,34-37,39-43,46,50-52H,10,12,15-17,20-33H2,1-9H3,(H,56,66)(H,64,65)(H,68,69)/t35-,36?,37-,39-,40+,41+,42-,43-,46+,50?,51-,52+/m0/s1. The number of ketones is 2. The van der Waals surface area contributed by atoms with Gasteiger partial charge in [-0.15, -0.1) is 0 Å². The molecule has 0 aromatic heterocycles. The molecule has 72 heavy (non-hydrogen) atoms. The smallest absolute Gasteiger partial charge is 0.307 e. The number of likely N-dealkylation sites (tertiary alicyclic amines) is 2. The molecule has 1 saturated carbocycles. The Balaban J connectivity index is 1.36. The van der Waals surface area contributed by atoms with Gasteiger partial charge in [0.25, 0.3) is 0 Å². The Labute approximate surface area is 427 Å². The zero-order valence-electron chi connectivity index (χ0n) is 44.6. The van der Waals surface area contributed by atoms with Gasteiger partial charge < -0.3 is 44.4 Å². The van der Waals surface area contributed by atoms with E-state index in [2.05, 4.69) is 5.32 Å². The van der Waals surface area contributed by atoms with Crippen LogP contribution in [0.2, 0.25) is 0 Å². The molecule has 3 N–H and O–H groups in total. The fourth-order valence-corrected chi connectivity index (χ4v) is 11.5. The maximum Gasteiger partial charge on any atom is 0.307 e. The highest BCUT2D eigenvalue weighted by molar-refractivity contribution is 5.94. The van der Waals surface area contributed by atoms with Gasteiger partial charge in [-0.25, -0.2) is 0 Å². The summed E-state index contributed by atoms with van der Waals surface area (Å²) in [7, 11) is 4.77. The van der Waals surface area contributed by atoms with E-state index in [1.807, 2.05) is 58.0 Å². The number of likely N-dealkylation sites (N-methyl/N-ethyl adjacent to an activating group) is 1. The van der Waals surface area contributed by atoms with Crippen molar-refractivity contribution in [2.75, 3.05) is 47.6 Å². The van der Waals surface area contributed by atoms with Crippen molar-refractivity contribution in [3.05, 3.63) is 35.9 Å². The van der Waals surface area contributed by atoms with E-state index in [-0.39, 0.29) is 104 Å². The van der Waals surface area contributed by atoms with E-state index in [1.54, 1.807) is 35.6 Å². The number of hydrogen-bond acceptors (Lipinski definition) is 11. The summed E-state index contributed by atoms with van der Waals surface area (Å²) in [5.41, 5.74) is 0.830. The van der Waals surface area contributed by atoms with Crippen molar-refractivity contribution in [2.45, 2.75) is 174 Å². The average Bonchev–Trinajstić information content (AvgIpc) is 4.12. The zero-order chi connectivity index (χ0) is 53.2. The number of carbonyl (C=O) groups is 8. The Morgan fingerprint density at radius 1 is 0.833 bits per heavy atom. The highest BCUT2D eigenvalue weighted by Gasteiger charge is 2.52. The summed E-state index contributed by atoms with van der Waals surface area (Å²) in [6, 6.07) is 7.64. The lowest BCUT2D eigenvalue weighted by Gasteiger charge is -2.41. The number of unbranched alkanes of at least 4 members (excludes halogenated alkanes) is 2. The molecule has 4 amide bonds. The summed E-state index contributed by atoms with van der Waals surface area (Å²) in [6.45, 7) is 12.8. The Morgan fingerprint density at radius 3 is 2.17 bits per heavy atom. The number of ether oxygens (including phenoxy) is 3. The van der Waals surface area contributed by atoms with Gasteiger partial charge in [0.05, 0.1) is 62.1 Å². The number of benzene rings is 1. The second-order valence-electron chi connectivity index (χ2n) is 21.2. The Kier molecular flexibility index (Phi) is 24.3. The van der Waals surface area contributed by atoms with Crippen LogP contribution in [0.1, 0.15) is 137 Å². The Hall–Kier alpha value is -4.74. The second-order valence-corrected chi connectivity index (χ2v) is 21.2. The Morgan fingerprint density at radius 2 is 1.54 bits per heavy atom. The van der Waals surface area contributed by atoms with Gasteiger partial charge >= 0.3 is 11.9 Å². The lowest BCUT2D eigenvalue weighted by atomic mass is 9.83. The van der Waals surface area contributed by atoms with E-state index < -0.39 is 65.9 Å². The summed E-state index contributed by atoms with van der Waals surface area (Å²) < 4.78 is 17.9. The topological polar surface area (TPSA) is 226 Å². The van der Waals surface area contributed by atoms with E-state index in [0.717, 1.165) is 37.7 Å². The molecule has 12 atom stereocenters. The number of hydrogen-bond donors (Lipinski definition) is 3. The first-order valence-electron chi connectivity index (χ1n) is 26.6. The maximum absolute atomic E-state index is 14.8. The van der Waals surface area contributed by atoms with Crippen LogP contribution in [0.25, 0.3) is 0 Å². The monoisotopic (exact) mass is 1010 g/mol. The molecule has 3 aliphatic rings. The SMILES string of the molecule is CC[C@H](C)C([C@@H](CC(=O)N1CCC[C@H]1[C@H](OC)[C@@H](C)C(=O)C[C@@H](Cc1ccccc1)C(=O)O)OC)N(C)C(=O)[C@@H](CC(=O)[C@@H]1[C@H]2CC[C@H](C2)N1C(=O)CCOCCCCCNC(=O)C(C)CC(=O)O)C(C)C. The number of amides is 4. The van der Waals surface area contributed by atoms with Crippen molar-refractivity contribution in [2.24, 2.45) is 41.4 Å². The van der Waals surface area contributed by atoms with Crippen LogP contribution >= 0.6 is 0 Å². The number of nitrogens with zero attached hydrogens (tertiary/aromatic N) is 3. The first-order chi connectivity index (χ1) is 34.2. The zero-order valence-corrected chi connectivity index (χ0v) is 44.6. The van der Waals surface area contributed by atoms with Crippen LogP contribution in [0.5, 0.6) is 0 Å². The molecule has 2 unspecified atom stereocenters. The quantitative estimate of drug-likeness (QED) is 0.0666. The van der Waals surface area contributed by atoms with E-state index >= 15 is 0 Å². The number of fused-ring (bicyclic) bond motifs is 2. The molecule has 3 fully saturated rings. The van der Waals surface area contributed by atoms with Gasteiger partial charge in [0.2, 0.25) is 23.6 Å². The third-order valence-electron chi connectivity index (χ3n) is 15.9. The normalized spacial score (nSPS) is 21.9. The number of methoxy groups -OCH3 is 2. The number of carboxylic acid groups (broad SMARTS) is 2. The molecule has 2 saturated heterocycles. The molecule has 2 aliphatic heterocycles. The predicted molar refractivity (Wildman–Crippen MR) is 270 cm³/mol. The van der Waals surface area contributed by atoms with Crippen LogP contribution in [0.3, 0.4) is 0 Å². The van der Waals surface area contributed by atoms with Crippen molar-refractivity contribution < 1.29 is 62.8 Å². The second kappa shape index (κ2) is 29.2. The molecule has 17 nitrogen and oxygen atoms in total. The van der Waals surface area contributed by atoms with Gasteiger partial charge in [0.1, 0.15) is 5.78 Å². The minimum Gasteiger partial charge on any atom is -0.481 e. The van der Waals surface area contributed by atoms with E-state index in [9.17, 15) is 43.5 Å². The predicted octanol–water partition coefficient (Wildman–Crippen LogP) is 6.22. The summed E-state index contributed by atoms with van der Waals surface area (Å²) >= 11 is 0. The molecule has 0 spiro atoms. The fraction of sp³-hybridized carbons (Fsp3) is 0.745. The van der Waals surface area contributed by atoms with Gasteiger partial charge in [-0.2, -0.15) is 0 Å². The highest BCUT2D eigenvalue weighted by Crippen LogP contribution is 2.44. The molecule has 4 rings (SSSR count). The van der Waals surface area contributed by atoms with Crippen molar-refractivity contribution in [3.8, 4) is 0 Å². The molecule has 1 aromatic carbocycles. The van der Waals surface area contributed by atoms with Crippen LogP contribution in [-0.2, 0) is 59.0 Å². The molecule has 1 aromatic rings. The van der Waals surface area contributed by atoms with E-state index in [0.29, 0.717) is 45.4 Å². The van der Waals surface area contributed by atoms with Gasteiger partial charge in [0.15, 0.2) is 5.78 Å². The number of carboxylic acids is 2. The molecule has 2 bridgehead atoms. The van der Waals surface area contributed by atoms with E-state index in [1.165, 1.54) is 14.2 Å². The summed E-state index contributed by atoms with van der Waals surface area (Å²) in [4.78, 5) is 111. The van der Waals surface area contributed by atoms with Crippen molar-refractivity contribution in [1.29, 1.82) is 0 Å². The minimum absolute atomic E-state index is 0.0252. The number of piperidine rings is 1. The average molecular weight is 1010 g/mol. The van der Waals surface area contributed by atoms with Crippen LogP contribution in [0.4, 0.5) is 0 Å².